The minimum atomic E-state index is -3.45. The lowest BCUT2D eigenvalue weighted by Crippen LogP contribution is -2.58. The van der Waals surface area contributed by atoms with Crippen molar-refractivity contribution in [2.75, 3.05) is 39.5 Å². The lowest BCUT2D eigenvalue weighted by atomic mass is 9.91. The normalized spacial score (nSPS) is 34.6. The first kappa shape index (κ1) is 15.1. The van der Waals surface area contributed by atoms with Gasteiger partial charge in [0.25, 0.3) is 16.1 Å². The predicted molar refractivity (Wildman–Crippen MR) is 64.7 cm³/mol. The predicted octanol–water partition coefficient (Wildman–Crippen LogP) is 0.454. The summed E-state index contributed by atoms with van der Waals surface area (Å²) < 4.78 is 47.7. The highest BCUT2D eigenvalue weighted by molar-refractivity contribution is 7.85. The minimum absolute atomic E-state index is 0.0401. The van der Waals surface area contributed by atoms with Crippen LogP contribution in [0, 0.1) is 5.41 Å². The van der Waals surface area contributed by atoms with E-state index in [1.807, 2.05) is 0 Å². The van der Waals surface area contributed by atoms with Crippen LogP contribution in [0.25, 0.3) is 0 Å². The molecule has 0 radical (unpaired) electrons. The summed E-state index contributed by atoms with van der Waals surface area (Å²) in [5.74, 6) is -0.946. The van der Waals surface area contributed by atoms with E-state index in [9.17, 15) is 8.42 Å². The largest absolute Gasteiger partial charge is 0.354 e. The Labute approximate surface area is 113 Å². The number of hydrogen-bond donors (Lipinski definition) is 0. The Morgan fingerprint density at radius 2 is 1.74 bits per heavy atom. The van der Waals surface area contributed by atoms with Gasteiger partial charge in [-0.2, -0.15) is 8.42 Å². The molecule has 2 bridgehead atoms. The van der Waals surface area contributed by atoms with Crippen molar-refractivity contribution < 1.29 is 31.5 Å². The van der Waals surface area contributed by atoms with Crippen molar-refractivity contribution in [1.29, 1.82) is 0 Å². The average Bonchev–Trinajstić information content (AvgIpc) is 2.34. The van der Waals surface area contributed by atoms with Crippen molar-refractivity contribution in [2.45, 2.75) is 25.7 Å². The zero-order valence-corrected chi connectivity index (χ0v) is 12.0. The third-order valence-electron chi connectivity index (χ3n) is 3.04. The Morgan fingerprint density at radius 3 is 2.26 bits per heavy atom. The Kier molecular flexibility index (Phi) is 4.49. The van der Waals surface area contributed by atoms with Gasteiger partial charge >= 0.3 is 0 Å². The molecule has 0 spiro atoms. The molecule has 0 saturated carbocycles. The van der Waals surface area contributed by atoms with Gasteiger partial charge < -0.3 is 18.9 Å². The van der Waals surface area contributed by atoms with E-state index >= 15 is 0 Å². The molecule has 3 saturated heterocycles. The zero-order valence-electron chi connectivity index (χ0n) is 11.2. The number of ether oxygens (including phenoxy) is 4. The molecule has 0 atom stereocenters. The van der Waals surface area contributed by atoms with Gasteiger partial charge in [-0.05, 0) is 6.42 Å². The summed E-state index contributed by atoms with van der Waals surface area (Å²) in [4.78, 5) is 0. The van der Waals surface area contributed by atoms with Gasteiger partial charge in [0.1, 0.15) is 0 Å². The van der Waals surface area contributed by atoms with E-state index in [1.54, 1.807) is 0 Å². The van der Waals surface area contributed by atoms with Gasteiger partial charge in [0.2, 0.25) is 0 Å². The van der Waals surface area contributed by atoms with Crippen molar-refractivity contribution in [2.24, 2.45) is 5.41 Å². The van der Waals surface area contributed by atoms with Gasteiger partial charge in [0, 0.05) is 18.4 Å². The second-order valence-electron chi connectivity index (χ2n) is 5.31. The highest BCUT2D eigenvalue weighted by Crippen LogP contribution is 2.40. The first-order valence-corrected chi connectivity index (χ1v) is 7.98. The average molecular weight is 296 g/mol. The molecule has 112 valence electrons. The van der Waals surface area contributed by atoms with E-state index in [0.717, 1.165) is 6.26 Å². The molecule has 3 rings (SSSR count). The monoisotopic (exact) mass is 296 g/mol. The second kappa shape index (κ2) is 5.63. The molecule has 0 aromatic heterocycles. The highest BCUT2D eigenvalue weighted by atomic mass is 32.2. The smallest absolute Gasteiger partial charge is 0.283 e. The molecular weight excluding hydrogens is 276 g/mol. The maximum Gasteiger partial charge on any atom is 0.283 e. The molecule has 0 aromatic carbocycles. The second-order valence-corrected chi connectivity index (χ2v) is 6.96. The van der Waals surface area contributed by atoms with Crippen LogP contribution >= 0.6 is 0 Å². The van der Waals surface area contributed by atoms with E-state index in [1.165, 1.54) is 0 Å². The Hall–Kier alpha value is -0.250. The van der Waals surface area contributed by atoms with Gasteiger partial charge in [-0.1, -0.05) is 6.92 Å². The molecular formula is C11H20O7S. The van der Waals surface area contributed by atoms with Crippen LogP contribution in [0.1, 0.15) is 19.8 Å². The van der Waals surface area contributed by atoms with Crippen molar-refractivity contribution in [3.05, 3.63) is 0 Å². The van der Waals surface area contributed by atoms with E-state index < -0.39 is 16.1 Å². The fourth-order valence-corrected chi connectivity index (χ4v) is 2.13. The Balaban J connectivity index is 1.61. The molecule has 0 aromatic rings. The highest BCUT2D eigenvalue weighted by Gasteiger charge is 2.49. The SMILES string of the molecule is CC12COC(CCCOCOS(C)(=O)=O)(OC1)OC2. The topological polar surface area (TPSA) is 80.3 Å². The van der Waals surface area contributed by atoms with E-state index in [0.29, 0.717) is 39.3 Å². The van der Waals surface area contributed by atoms with E-state index in [4.69, 9.17) is 18.9 Å². The molecule has 0 amide bonds. The summed E-state index contributed by atoms with van der Waals surface area (Å²) in [6.07, 6.45) is 2.15. The van der Waals surface area contributed by atoms with Crippen molar-refractivity contribution in [3.63, 3.8) is 0 Å². The molecule has 3 aliphatic heterocycles. The quantitative estimate of drug-likeness (QED) is 0.383. The molecule has 7 nitrogen and oxygen atoms in total. The van der Waals surface area contributed by atoms with Crippen molar-refractivity contribution in [3.8, 4) is 0 Å². The summed E-state index contributed by atoms with van der Waals surface area (Å²) >= 11 is 0. The van der Waals surface area contributed by atoms with Crippen LogP contribution < -0.4 is 0 Å². The van der Waals surface area contributed by atoms with Gasteiger partial charge in [0.05, 0.1) is 26.1 Å². The van der Waals surface area contributed by atoms with Gasteiger partial charge in [0.15, 0.2) is 6.79 Å². The maximum absolute atomic E-state index is 10.7. The van der Waals surface area contributed by atoms with Gasteiger partial charge in [-0.25, -0.2) is 4.18 Å². The third-order valence-corrected chi connectivity index (χ3v) is 3.56. The number of rotatable bonds is 7. The number of hydrogen-bond acceptors (Lipinski definition) is 7. The van der Waals surface area contributed by atoms with Crippen LogP contribution in [0.15, 0.2) is 0 Å². The van der Waals surface area contributed by atoms with Crippen LogP contribution in [0.2, 0.25) is 0 Å². The summed E-state index contributed by atoms with van der Waals surface area (Å²) in [7, 11) is -3.45. The van der Waals surface area contributed by atoms with Gasteiger partial charge in [-0.3, -0.25) is 0 Å². The Bertz CT molecular complexity index is 381. The summed E-state index contributed by atoms with van der Waals surface area (Å²) in [6.45, 7) is 4.03. The van der Waals surface area contributed by atoms with Crippen LogP contribution in [0.3, 0.4) is 0 Å². The molecule has 0 unspecified atom stereocenters. The minimum Gasteiger partial charge on any atom is -0.354 e. The van der Waals surface area contributed by atoms with Crippen molar-refractivity contribution in [1.82, 2.24) is 0 Å². The van der Waals surface area contributed by atoms with Gasteiger partial charge in [-0.15, -0.1) is 0 Å². The lowest BCUT2D eigenvalue weighted by Gasteiger charge is -2.50. The summed E-state index contributed by atoms with van der Waals surface area (Å²) in [5, 5.41) is 0. The third kappa shape index (κ3) is 4.37. The first-order valence-electron chi connectivity index (χ1n) is 6.17. The molecule has 0 N–H and O–H groups in total. The van der Waals surface area contributed by atoms with Crippen LogP contribution in [0.4, 0.5) is 0 Å². The number of fused-ring (bicyclic) bond motifs is 3. The lowest BCUT2D eigenvalue weighted by molar-refractivity contribution is -0.467. The molecule has 3 aliphatic rings. The standard InChI is InChI=1S/C11H20O7S/c1-10-6-15-11(16-7-10,17-8-10)4-3-5-14-9-18-19(2,12)13/h3-9H2,1-2H3. The molecule has 3 fully saturated rings. The molecule has 19 heavy (non-hydrogen) atoms. The molecule has 0 aliphatic carbocycles. The maximum atomic E-state index is 10.7. The fraction of sp³-hybridized carbons (Fsp3) is 1.00. The van der Waals surface area contributed by atoms with Crippen LogP contribution in [-0.2, 0) is 33.2 Å². The van der Waals surface area contributed by atoms with E-state index in [2.05, 4.69) is 11.1 Å². The Morgan fingerprint density at radius 1 is 1.16 bits per heavy atom. The molecule has 3 heterocycles. The molecule has 8 heteroatoms. The zero-order chi connectivity index (χ0) is 14.0. The van der Waals surface area contributed by atoms with Crippen LogP contribution in [-0.4, -0.2) is 53.9 Å². The first-order chi connectivity index (χ1) is 8.83. The fourth-order valence-electron chi connectivity index (χ4n) is 1.89. The van der Waals surface area contributed by atoms with E-state index in [-0.39, 0.29) is 12.2 Å². The summed E-state index contributed by atoms with van der Waals surface area (Å²) in [6, 6.07) is 0. The summed E-state index contributed by atoms with van der Waals surface area (Å²) in [5.41, 5.74) is -0.0401. The van der Waals surface area contributed by atoms with Crippen LogP contribution in [0.5, 0.6) is 0 Å². The van der Waals surface area contributed by atoms with Crippen molar-refractivity contribution >= 4 is 10.1 Å².